The lowest BCUT2D eigenvalue weighted by molar-refractivity contribution is -0.385. The van der Waals surface area contributed by atoms with Gasteiger partial charge in [-0.3, -0.25) is 59.0 Å². The fraction of sp³-hybridized carbons (Fsp3) is 0.395. The van der Waals surface area contributed by atoms with Gasteiger partial charge in [0.15, 0.2) is 0 Å². The Kier molecular flexibility index (Phi) is 41.2. The van der Waals surface area contributed by atoms with Gasteiger partial charge in [0.2, 0.25) is 17.3 Å². The summed E-state index contributed by atoms with van der Waals surface area (Å²) >= 11 is 17.7. The summed E-state index contributed by atoms with van der Waals surface area (Å²) in [4.78, 5) is 67.3. The number of aliphatic imine (C=N–C) groups is 1. The number of anilines is 1. The van der Waals surface area contributed by atoms with Crippen molar-refractivity contribution in [2.45, 2.75) is 191 Å². The van der Waals surface area contributed by atoms with Crippen LogP contribution in [0.1, 0.15) is 148 Å². The number of aryl methyl sites for hydroxylation is 3. The third-order valence-corrected chi connectivity index (χ3v) is 20.7. The van der Waals surface area contributed by atoms with E-state index in [1.54, 1.807) is 108 Å². The number of hydrogen-bond acceptors (Lipinski definition) is 24. The van der Waals surface area contributed by atoms with Crippen molar-refractivity contribution in [2.75, 3.05) is 19.2 Å². The van der Waals surface area contributed by atoms with Crippen LogP contribution in [-0.2, 0) is 51.0 Å². The fourth-order valence-electron chi connectivity index (χ4n) is 11.4. The number of nitro groups is 3. The van der Waals surface area contributed by atoms with Gasteiger partial charge < -0.3 is 58.5 Å². The zero-order valence-electron chi connectivity index (χ0n) is 74.5. The van der Waals surface area contributed by atoms with Gasteiger partial charge in [0.05, 0.1) is 78.6 Å². The van der Waals surface area contributed by atoms with Crippen LogP contribution in [0.3, 0.4) is 0 Å². The van der Waals surface area contributed by atoms with E-state index >= 15 is 0 Å². The molecule has 0 radical (unpaired) electrons. The number of dihydropyridines is 1. The predicted molar refractivity (Wildman–Crippen MR) is 511 cm³/mol. The number of fused-ring (bicyclic) bond motifs is 4. The highest BCUT2D eigenvalue weighted by molar-refractivity contribution is 9.12. The molecule has 1 atom stereocenters. The van der Waals surface area contributed by atoms with E-state index in [9.17, 15) is 39.9 Å². The molecule has 0 amide bonds. The van der Waals surface area contributed by atoms with Crippen molar-refractivity contribution < 1.29 is 52.7 Å². The average Bonchev–Trinajstić information content (AvgIpc) is 1.59. The van der Waals surface area contributed by atoms with Crippen LogP contribution in [-0.4, -0.2) is 149 Å². The van der Waals surface area contributed by atoms with Crippen LogP contribution < -0.4 is 31.6 Å². The van der Waals surface area contributed by atoms with E-state index in [0.29, 0.717) is 28.6 Å². The third-order valence-electron chi connectivity index (χ3n) is 18.7. The Morgan fingerprint density at radius 3 is 1.42 bits per heavy atom. The number of benzene rings is 4. The molecule has 2 fully saturated rings. The Morgan fingerprint density at radius 2 is 1.02 bits per heavy atom. The summed E-state index contributed by atoms with van der Waals surface area (Å²) in [6.45, 7) is 36.9. The number of non-ortho nitro benzene ring substituents is 3. The minimum absolute atomic E-state index is 0.0244. The Labute approximate surface area is 767 Å². The highest BCUT2D eigenvalue weighted by Gasteiger charge is 2.63. The van der Waals surface area contributed by atoms with Gasteiger partial charge in [-0.2, -0.15) is 15.3 Å². The number of aliphatic hydroxyl groups is 1. The molecular formula is C86H111B2Br4ClN16O16. The van der Waals surface area contributed by atoms with Crippen LogP contribution in [0, 0.1) is 30.3 Å². The number of nitrogens with one attached hydrogen (secondary N) is 2. The van der Waals surface area contributed by atoms with Crippen LogP contribution in [0.5, 0.6) is 11.8 Å². The summed E-state index contributed by atoms with van der Waals surface area (Å²) < 4.78 is 50.8. The highest BCUT2D eigenvalue weighted by Crippen LogP contribution is 2.43. The molecule has 0 spiro atoms. The molecule has 125 heavy (non-hydrogen) atoms. The molecular weight excluding hydrogens is 1890 g/mol. The van der Waals surface area contributed by atoms with Crippen molar-refractivity contribution in [2.24, 2.45) is 26.1 Å². The highest BCUT2D eigenvalue weighted by atomic mass is 79.9. The number of aromatic nitrogens is 10. The minimum atomic E-state index is -0.476. The number of allylic oxidation sites excluding steroid dienone is 2. The lowest BCUT2D eigenvalue weighted by atomic mass is 9.49. The topological polar surface area (TPSA) is 399 Å². The lowest BCUT2D eigenvalue weighted by Crippen LogP contribution is -2.41. The molecule has 39 heteroatoms. The van der Waals surface area contributed by atoms with Crippen LogP contribution >= 0.6 is 75.3 Å². The maximum Gasteiger partial charge on any atom is 0.488 e. The molecule has 4 aromatic carbocycles. The molecule has 1 unspecified atom stereocenters. The summed E-state index contributed by atoms with van der Waals surface area (Å²) in [5, 5.41) is 57.6. The smallest absolute Gasteiger partial charge is 0.475 e. The van der Waals surface area contributed by atoms with Crippen molar-refractivity contribution >= 4 is 151 Å². The number of H-pyrrole nitrogens is 1. The molecule has 32 nitrogen and oxygen atoms in total. The summed E-state index contributed by atoms with van der Waals surface area (Å²) in [7, 11) is 5.57. The normalized spacial score (nSPS) is 14.8. The Bertz CT molecular complexity index is 5520. The molecule has 0 bridgehead atoms. The predicted octanol–water partition coefficient (Wildman–Crippen LogP) is 19.7. The molecule has 672 valence electrons. The molecule has 2 saturated heterocycles. The SMILES string of the molecule is CC(C)OC1C=CC(Br)=CN1.CC(C)Oc1ccc(-c2nn(C)c3ccc(N)cc23)cn1.CC(C)Oc1ccc(-c2nn(C)c3ccc([N+](=O)[O-])cc23)cn1.CC(C)n1cc(Br)ccc1=O.CC1(C)OB(B2OC(C)(C)C(C)(C)O2)OC1(C)C.CCC.CCl.CO.Cn1nc(Br)c2cc([N+](=O)[O-])ccc21.O=[N+]([O-])c1ccc2c(c1)C=NC2.O=c1ccc(Br)c[nH]1. The van der Waals surface area contributed by atoms with Crippen LogP contribution in [0.25, 0.3) is 55.2 Å². The second-order valence-corrected chi connectivity index (χ2v) is 34.4. The molecule has 15 rings (SSSR count). The van der Waals surface area contributed by atoms with E-state index in [4.69, 9.17) is 43.7 Å². The second-order valence-electron chi connectivity index (χ2n) is 30.9. The van der Waals surface area contributed by atoms with Gasteiger partial charge in [-0.1, -0.05) is 20.3 Å². The number of nitrogens with zero attached hydrogens (tertiary/aromatic N) is 13. The first-order chi connectivity index (χ1) is 58.7. The summed E-state index contributed by atoms with van der Waals surface area (Å²) in [5.74, 6) is 1.16. The molecule has 5 N–H and O–H groups in total. The average molecular weight is 2000 g/mol. The van der Waals surface area contributed by atoms with Crippen molar-refractivity contribution in [3.8, 4) is 34.3 Å². The van der Waals surface area contributed by atoms with Crippen LogP contribution in [0.4, 0.5) is 22.7 Å². The fourth-order valence-corrected chi connectivity index (χ4v) is 12.8. The summed E-state index contributed by atoms with van der Waals surface area (Å²) in [5.41, 5.74) is 13.3. The Morgan fingerprint density at radius 1 is 0.584 bits per heavy atom. The zero-order chi connectivity index (χ0) is 93.8. The van der Waals surface area contributed by atoms with E-state index in [2.05, 4.69) is 130 Å². The van der Waals surface area contributed by atoms with Crippen molar-refractivity contribution in [3.63, 3.8) is 0 Å². The first-order valence-corrected chi connectivity index (χ1v) is 43.5. The van der Waals surface area contributed by atoms with E-state index in [1.807, 2.05) is 177 Å². The van der Waals surface area contributed by atoms with Gasteiger partial charge >= 0.3 is 14.0 Å². The number of halogens is 5. The Hall–Kier alpha value is -9.86. The maximum atomic E-state index is 11.2. The number of pyridine rings is 4. The number of ether oxygens (including phenoxy) is 3. The summed E-state index contributed by atoms with van der Waals surface area (Å²) in [6.07, 6.45) is 17.5. The first-order valence-electron chi connectivity index (χ1n) is 39.6. The van der Waals surface area contributed by atoms with Crippen LogP contribution in [0.2, 0.25) is 0 Å². The number of nitrogens with two attached hydrogens (primary N) is 1. The number of hydrogen-bond donors (Lipinski definition) is 4. The monoisotopic (exact) mass is 2000 g/mol. The zero-order valence-corrected chi connectivity index (χ0v) is 81.6. The van der Waals surface area contributed by atoms with Gasteiger partial charge in [-0.25, -0.2) is 9.97 Å². The lowest BCUT2D eigenvalue weighted by Gasteiger charge is -2.32. The van der Waals surface area contributed by atoms with Crippen molar-refractivity contribution in [1.29, 1.82) is 0 Å². The molecule has 0 aliphatic carbocycles. The van der Waals surface area contributed by atoms with E-state index < -0.39 is 28.8 Å². The van der Waals surface area contributed by atoms with Gasteiger partial charge in [0.25, 0.3) is 22.6 Å². The summed E-state index contributed by atoms with van der Waals surface area (Å²) in [6, 6.07) is 34.1. The van der Waals surface area contributed by atoms with Crippen LogP contribution in [0.15, 0.2) is 197 Å². The number of nitrogen functional groups attached to an aromatic ring is 1. The van der Waals surface area contributed by atoms with Gasteiger partial charge in [0, 0.05) is 191 Å². The number of aromatic amines is 1. The molecule has 0 saturated carbocycles. The largest absolute Gasteiger partial charge is 0.488 e. The number of aliphatic hydroxyl groups excluding tert-OH is 1. The first kappa shape index (κ1) is 106. The van der Waals surface area contributed by atoms with E-state index in [0.717, 1.165) is 86.9 Å². The van der Waals surface area contributed by atoms with Crippen molar-refractivity contribution in [1.82, 2.24) is 54.2 Å². The Balaban J connectivity index is 0.000000255. The second kappa shape index (κ2) is 48.7. The van der Waals surface area contributed by atoms with Crippen molar-refractivity contribution in [3.05, 3.63) is 245 Å². The standard InChI is InChI=1S/C16H16N4O3.C16H18N4O.C12H24B2O4.C8H6BrN3O2.C8H12BrNO.C8H10BrNO.C8H6N2O2.C5H4BrNO.C3H8.CH3Cl.CH4O/c1-10(2)23-15-7-4-11(9-17-15)16-13-8-12(20(21)22)5-6-14(13)19(3)18-16;1-10(2)21-15-7-4-11(9-18-15)16-13-8-12(17)5-6-14(13)20(3)19-16;1-9(2)10(3,4)16-13(15-9)14-17-11(5,6)12(7,8)18-14;1-11-7-3-2-5(12(13)14)4-6(7)8(9)10-11;1-6(2)11-8-4-3-7(9)5-10-8;1-6(2)10-5-7(9)3-4-8(10)11;11-10(12)8-2-1-6-4-9-5-7(6)3-8;6-4-1-2-5(8)7-3-4;1-3-2;2*1-2/h4-10H,1-3H3;4-10H,17H2,1-3H3;1-8H3;2-4H,1H3;3-6,8,10H,1-2H3;3-6H,1-2H3;1-3,5H,4H2;1-3H,(H,7,8);3H2,1-2H3;1H3;2H,1H3. The number of alkyl halides is 1. The minimum Gasteiger partial charge on any atom is -0.475 e. The molecule has 4 aliphatic rings. The molecule has 11 heterocycles. The number of rotatable bonds is 13. The third kappa shape index (κ3) is 31.0. The van der Waals surface area contributed by atoms with Gasteiger partial charge in [-0.15, -0.1) is 11.6 Å². The van der Waals surface area contributed by atoms with E-state index in [-0.39, 0.29) is 81.2 Å². The number of nitro benzene ring substituents is 3. The molecule has 11 aromatic rings. The maximum absolute atomic E-state index is 11.2. The van der Waals surface area contributed by atoms with E-state index in [1.165, 1.54) is 49.2 Å². The molecule has 7 aromatic heterocycles. The quantitative estimate of drug-likeness (QED) is 0.0274. The van der Waals surface area contributed by atoms with Gasteiger partial charge in [0.1, 0.15) is 22.2 Å². The molecule has 4 aliphatic heterocycles. The van der Waals surface area contributed by atoms with Gasteiger partial charge in [-0.05, 0) is 253 Å².